The zero-order valence-corrected chi connectivity index (χ0v) is 13.7. The first-order chi connectivity index (χ1) is 11.1. The molecule has 0 radical (unpaired) electrons. The zero-order valence-electron chi connectivity index (χ0n) is 12.9. The maximum atomic E-state index is 12.0. The van der Waals surface area contributed by atoms with Crippen LogP contribution in [0, 0.1) is 0 Å². The molecule has 1 fully saturated rings. The molecule has 0 bridgehead atoms. The first kappa shape index (κ1) is 15.6. The molecule has 1 N–H and O–H groups in total. The smallest absolute Gasteiger partial charge is 0.234 e. The predicted octanol–water partition coefficient (Wildman–Crippen LogP) is 1.76. The van der Waals surface area contributed by atoms with E-state index in [1.165, 1.54) is 18.3 Å². The number of benzene rings is 1. The van der Waals surface area contributed by atoms with Gasteiger partial charge in [0.2, 0.25) is 11.8 Å². The van der Waals surface area contributed by atoms with E-state index < -0.39 is 0 Å². The van der Waals surface area contributed by atoms with Crippen LogP contribution in [0.25, 0.3) is 0 Å². The summed E-state index contributed by atoms with van der Waals surface area (Å²) in [6.07, 6.45) is 0. The fourth-order valence-corrected chi connectivity index (χ4v) is 3.41. The van der Waals surface area contributed by atoms with Gasteiger partial charge in [0.05, 0.1) is 17.9 Å². The Morgan fingerprint density at radius 2 is 2.17 bits per heavy atom. The van der Waals surface area contributed by atoms with Crippen LogP contribution in [0.4, 0.5) is 10.8 Å². The normalized spacial score (nSPS) is 15.3. The summed E-state index contributed by atoms with van der Waals surface area (Å²) in [6.45, 7) is 4.02. The maximum absolute atomic E-state index is 12.0. The number of aromatic nitrogens is 1. The van der Waals surface area contributed by atoms with E-state index in [4.69, 9.17) is 0 Å². The molecule has 23 heavy (non-hydrogen) atoms. The highest BCUT2D eigenvalue weighted by atomic mass is 32.1. The molecule has 3 rings (SSSR count). The molecule has 120 valence electrons. The molecular formula is C16H18N4O2S. The lowest BCUT2D eigenvalue weighted by molar-refractivity contribution is -0.124. The van der Waals surface area contributed by atoms with E-state index in [0.29, 0.717) is 24.8 Å². The molecule has 0 unspecified atom stereocenters. The van der Waals surface area contributed by atoms with Gasteiger partial charge >= 0.3 is 0 Å². The van der Waals surface area contributed by atoms with Crippen LogP contribution in [0.15, 0.2) is 35.7 Å². The van der Waals surface area contributed by atoms with E-state index in [-0.39, 0.29) is 11.8 Å². The number of para-hydroxylation sites is 1. The van der Waals surface area contributed by atoms with Crippen molar-refractivity contribution in [3.8, 4) is 0 Å². The van der Waals surface area contributed by atoms with Crippen LogP contribution < -0.4 is 10.2 Å². The average molecular weight is 330 g/mol. The fraction of sp³-hybridized carbons (Fsp3) is 0.312. The molecule has 1 aromatic heterocycles. The summed E-state index contributed by atoms with van der Waals surface area (Å²) in [5.41, 5.74) is 1.68. The molecule has 1 aromatic carbocycles. The molecule has 2 heterocycles. The molecule has 1 aliphatic rings. The van der Waals surface area contributed by atoms with Crippen LogP contribution in [0.2, 0.25) is 0 Å². The van der Waals surface area contributed by atoms with E-state index in [0.717, 1.165) is 17.9 Å². The summed E-state index contributed by atoms with van der Waals surface area (Å²) < 4.78 is 0. The second-order valence-electron chi connectivity index (χ2n) is 5.37. The van der Waals surface area contributed by atoms with E-state index in [2.05, 4.69) is 15.2 Å². The van der Waals surface area contributed by atoms with Crippen LogP contribution in [0.3, 0.4) is 0 Å². The minimum Gasteiger partial charge on any atom is -0.354 e. The molecule has 0 saturated carbocycles. The first-order valence-corrected chi connectivity index (χ1v) is 8.30. The monoisotopic (exact) mass is 330 g/mol. The number of piperazine rings is 1. The Kier molecular flexibility index (Phi) is 4.68. The molecule has 0 spiro atoms. The van der Waals surface area contributed by atoms with Gasteiger partial charge in [-0.1, -0.05) is 18.2 Å². The number of hydrogen-bond donors (Lipinski definition) is 1. The number of thiazole rings is 1. The van der Waals surface area contributed by atoms with Crippen molar-refractivity contribution in [2.24, 2.45) is 0 Å². The number of carbonyl (C=O) groups is 2. The lowest BCUT2D eigenvalue weighted by atomic mass is 10.3. The minimum atomic E-state index is -0.0746. The van der Waals surface area contributed by atoms with Crippen LogP contribution in [0.1, 0.15) is 12.6 Å². The maximum Gasteiger partial charge on any atom is 0.234 e. The van der Waals surface area contributed by atoms with Crippen LogP contribution in [-0.2, 0) is 16.1 Å². The van der Waals surface area contributed by atoms with Crippen LogP contribution >= 0.6 is 11.3 Å². The van der Waals surface area contributed by atoms with Gasteiger partial charge in [0.25, 0.3) is 0 Å². The molecule has 2 aromatic rings. The van der Waals surface area contributed by atoms with E-state index in [1.54, 1.807) is 4.90 Å². The number of amides is 2. The molecule has 0 atom stereocenters. The quantitative estimate of drug-likeness (QED) is 0.928. The Labute approximate surface area is 138 Å². The third kappa shape index (κ3) is 3.75. The Morgan fingerprint density at radius 1 is 1.39 bits per heavy atom. The number of nitrogens with one attached hydrogen (secondary N) is 1. The van der Waals surface area contributed by atoms with Crippen molar-refractivity contribution in [3.63, 3.8) is 0 Å². The molecular weight excluding hydrogens is 312 g/mol. The Hall–Kier alpha value is -2.25. The highest BCUT2D eigenvalue weighted by molar-refractivity contribution is 7.14. The average Bonchev–Trinajstić information content (AvgIpc) is 2.96. The number of rotatable bonds is 4. The van der Waals surface area contributed by atoms with Gasteiger partial charge in [0.15, 0.2) is 5.13 Å². The van der Waals surface area contributed by atoms with Gasteiger partial charge in [-0.15, -0.1) is 11.3 Å². The summed E-state index contributed by atoms with van der Waals surface area (Å²) in [4.78, 5) is 31.7. The number of anilines is 2. The SMILES string of the molecule is CC(=O)N(c1ccccc1)c1nc(CN2CCNC(=O)C2)cs1. The Bertz CT molecular complexity index is 701. The highest BCUT2D eigenvalue weighted by Gasteiger charge is 2.20. The zero-order chi connectivity index (χ0) is 16.2. The number of hydrogen-bond acceptors (Lipinski definition) is 5. The lowest BCUT2D eigenvalue weighted by Gasteiger charge is -2.25. The topological polar surface area (TPSA) is 65.5 Å². The van der Waals surface area contributed by atoms with Crippen molar-refractivity contribution in [2.45, 2.75) is 13.5 Å². The predicted molar refractivity (Wildman–Crippen MR) is 89.7 cm³/mol. The molecule has 7 heteroatoms. The van der Waals surface area contributed by atoms with Gasteiger partial charge in [-0.25, -0.2) is 4.98 Å². The lowest BCUT2D eigenvalue weighted by Crippen LogP contribution is -2.47. The summed E-state index contributed by atoms with van der Waals surface area (Å²) in [5.74, 6) is -0.0317. The van der Waals surface area contributed by atoms with Crippen LogP contribution in [0.5, 0.6) is 0 Å². The van der Waals surface area contributed by atoms with Gasteiger partial charge in [0, 0.05) is 31.9 Å². The van der Waals surface area contributed by atoms with Crippen molar-refractivity contribution in [2.75, 3.05) is 24.5 Å². The van der Waals surface area contributed by atoms with Gasteiger partial charge in [-0.05, 0) is 12.1 Å². The van der Waals surface area contributed by atoms with Crippen molar-refractivity contribution >= 4 is 34.0 Å². The summed E-state index contributed by atoms with van der Waals surface area (Å²) in [6, 6.07) is 9.48. The van der Waals surface area contributed by atoms with Crippen LogP contribution in [-0.4, -0.2) is 41.3 Å². The van der Waals surface area contributed by atoms with Crippen molar-refractivity contribution in [1.29, 1.82) is 0 Å². The molecule has 2 amide bonds. The third-order valence-corrected chi connectivity index (χ3v) is 4.44. The largest absolute Gasteiger partial charge is 0.354 e. The van der Waals surface area contributed by atoms with Crippen molar-refractivity contribution in [3.05, 3.63) is 41.4 Å². The molecule has 1 aliphatic heterocycles. The highest BCUT2D eigenvalue weighted by Crippen LogP contribution is 2.29. The van der Waals surface area contributed by atoms with Gasteiger partial charge < -0.3 is 5.32 Å². The van der Waals surface area contributed by atoms with Gasteiger partial charge in [-0.3, -0.25) is 19.4 Å². The van der Waals surface area contributed by atoms with Crippen molar-refractivity contribution in [1.82, 2.24) is 15.2 Å². The standard InChI is InChI=1S/C16H18N4O2S/c1-12(21)20(14-5-3-2-4-6-14)16-18-13(11-23-16)9-19-8-7-17-15(22)10-19/h2-6,11H,7-10H2,1H3,(H,17,22). The fourth-order valence-electron chi connectivity index (χ4n) is 2.53. The van der Waals surface area contributed by atoms with E-state index >= 15 is 0 Å². The number of nitrogens with zero attached hydrogens (tertiary/aromatic N) is 3. The molecule has 0 aliphatic carbocycles. The van der Waals surface area contributed by atoms with Crippen molar-refractivity contribution < 1.29 is 9.59 Å². The second kappa shape index (κ2) is 6.89. The Balaban J connectivity index is 1.77. The minimum absolute atomic E-state index is 0.0429. The Morgan fingerprint density at radius 3 is 2.87 bits per heavy atom. The second-order valence-corrected chi connectivity index (χ2v) is 6.21. The van der Waals surface area contributed by atoms with Gasteiger partial charge in [0.1, 0.15) is 0 Å². The first-order valence-electron chi connectivity index (χ1n) is 7.42. The van der Waals surface area contributed by atoms with Gasteiger partial charge in [-0.2, -0.15) is 0 Å². The third-order valence-electron chi connectivity index (χ3n) is 3.56. The van der Waals surface area contributed by atoms with E-state index in [9.17, 15) is 9.59 Å². The summed E-state index contributed by atoms with van der Waals surface area (Å²) in [5, 5.41) is 5.40. The molecule has 6 nitrogen and oxygen atoms in total. The summed E-state index contributed by atoms with van der Waals surface area (Å²) in [7, 11) is 0. The van der Waals surface area contributed by atoms with E-state index in [1.807, 2.05) is 35.7 Å². The molecule has 1 saturated heterocycles. The number of carbonyl (C=O) groups excluding carboxylic acids is 2. The summed E-state index contributed by atoms with van der Waals surface area (Å²) >= 11 is 1.44.